The standard InChI is InChI=1S/C22H29N3O2S/c1-5-7-12-27-21-14-18-17(13-20(21)26-6-2)23-22(24-18)28-15-16-10-8-9-11-19(16)25(3)4/h8-11,13-14H,5-7,12,15H2,1-4H3,(H,23,24). The summed E-state index contributed by atoms with van der Waals surface area (Å²) in [6.07, 6.45) is 2.13. The molecule has 1 N–H and O–H groups in total. The number of para-hydroxylation sites is 1. The monoisotopic (exact) mass is 399 g/mol. The Labute approximate surface area is 171 Å². The van der Waals surface area contributed by atoms with E-state index in [1.165, 1.54) is 11.3 Å². The number of rotatable bonds is 10. The quantitative estimate of drug-likeness (QED) is 0.360. The molecule has 3 rings (SSSR count). The van der Waals surface area contributed by atoms with E-state index in [2.05, 4.69) is 55.2 Å². The average molecular weight is 400 g/mol. The molecule has 0 spiro atoms. The number of fused-ring (bicyclic) bond motifs is 1. The number of imidazole rings is 1. The number of aromatic nitrogens is 2. The van der Waals surface area contributed by atoms with Crippen LogP contribution in [0, 0.1) is 0 Å². The van der Waals surface area contributed by atoms with Gasteiger partial charge in [-0.05, 0) is 25.0 Å². The molecule has 28 heavy (non-hydrogen) atoms. The largest absolute Gasteiger partial charge is 0.490 e. The Bertz CT molecular complexity index is 908. The van der Waals surface area contributed by atoms with Gasteiger partial charge in [-0.15, -0.1) is 0 Å². The smallest absolute Gasteiger partial charge is 0.166 e. The number of hydrogen-bond acceptors (Lipinski definition) is 5. The highest BCUT2D eigenvalue weighted by Gasteiger charge is 2.12. The second kappa shape index (κ2) is 9.73. The topological polar surface area (TPSA) is 50.4 Å². The highest BCUT2D eigenvalue weighted by atomic mass is 32.2. The van der Waals surface area contributed by atoms with E-state index in [4.69, 9.17) is 14.5 Å². The molecule has 0 fully saturated rings. The maximum Gasteiger partial charge on any atom is 0.166 e. The Balaban J connectivity index is 1.79. The summed E-state index contributed by atoms with van der Waals surface area (Å²) < 4.78 is 11.7. The van der Waals surface area contributed by atoms with E-state index >= 15 is 0 Å². The molecule has 0 radical (unpaired) electrons. The molecule has 3 aromatic rings. The molecule has 2 aromatic carbocycles. The van der Waals surface area contributed by atoms with Gasteiger partial charge in [-0.3, -0.25) is 0 Å². The summed E-state index contributed by atoms with van der Waals surface area (Å²) in [6.45, 7) is 5.43. The predicted octanol–water partition coefficient (Wildman–Crippen LogP) is 5.50. The van der Waals surface area contributed by atoms with Gasteiger partial charge in [0.15, 0.2) is 16.7 Å². The second-order valence-electron chi connectivity index (χ2n) is 6.80. The fourth-order valence-electron chi connectivity index (χ4n) is 2.99. The van der Waals surface area contributed by atoms with Gasteiger partial charge in [0.05, 0.1) is 24.2 Å². The predicted molar refractivity (Wildman–Crippen MR) is 118 cm³/mol. The van der Waals surface area contributed by atoms with Crippen LogP contribution in [-0.2, 0) is 5.75 Å². The fourth-order valence-corrected chi connectivity index (χ4v) is 3.87. The van der Waals surface area contributed by atoms with Crippen LogP contribution in [0.5, 0.6) is 11.5 Å². The average Bonchev–Trinajstić information content (AvgIpc) is 3.08. The van der Waals surface area contributed by atoms with Gasteiger partial charge in [-0.25, -0.2) is 4.98 Å². The van der Waals surface area contributed by atoms with Crippen molar-refractivity contribution in [2.75, 3.05) is 32.2 Å². The van der Waals surface area contributed by atoms with Gasteiger partial charge < -0.3 is 19.4 Å². The van der Waals surface area contributed by atoms with Crippen LogP contribution in [0.3, 0.4) is 0 Å². The zero-order chi connectivity index (χ0) is 19.9. The van der Waals surface area contributed by atoms with Gasteiger partial charge >= 0.3 is 0 Å². The molecule has 0 saturated carbocycles. The first-order valence-electron chi connectivity index (χ1n) is 9.79. The van der Waals surface area contributed by atoms with E-state index in [1.54, 1.807) is 11.8 Å². The molecule has 150 valence electrons. The summed E-state index contributed by atoms with van der Waals surface area (Å²) in [7, 11) is 4.14. The summed E-state index contributed by atoms with van der Waals surface area (Å²) in [5.74, 6) is 2.39. The fraction of sp³-hybridized carbons (Fsp3) is 0.409. The molecule has 0 amide bonds. The maximum absolute atomic E-state index is 5.93. The number of nitrogens with one attached hydrogen (secondary N) is 1. The van der Waals surface area contributed by atoms with E-state index in [1.807, 2.05) is 19.1 Å². The first-order chi connectivity index (χ1) is 13.6. The molecule has 0 saturated heterocycles. The Morgan fingerprint density at radius 1 is 1.07 bits per heavy atom. The highest BCUT2D eigenvalue weighted by Crippen LogP contribution is 2.34. The van der Waals surface area contributed by atoms with Gasteiger partial charge in [0.1, 0.15) is 0 Å². The van der Waals surface area contributed by atoms with E-state index in [9.17, 15) is 0 Å². The van der Waals surface area contributed by atoms with Crippen LogP contribution in [0.2, 0.25) is 0 Å². The second-order valence-corrected chi connectivity index (χ2v) is 7.77. The Kier molecular flexibility index (Phi) is 7.09. The molecule has 0 unspecified atom stereocenters. The number of unbranched alkanes of at least 4 members (excludes halogenated alkanes) is 1. The molecule has 0 aliphatic rings. The summed E-state index contributed by atoms with van der Waals surface area (Å²) in [6, 6.07) is 12.4. The van der Waals surface area contributed by atoms with Crippen LogP contribution >= 0.6 is 11.8 Å². The normalized spacial score (nSPS) is 11.0. The van der Waals surface area contributed by atoms with E-state index in [0.29, 0.717) is 13.2 Å². The lowest BCUT2D eigenvalue weighted by molar-refractivity contribution is 0.273. The van der Waals surface area contributed by atoms with Crippen LogP contribution in [0.15, 0.2) is 41.6 Å². The molecular weight excluding hydrogens is 370 g/mol. The summed E-state index contributed by atoms with van der Waals surface area (Å²) in [5, 5.41) is 0.900. The lowest BCUT2D eigenvalue weighted by Gasteiger charge is -2.16. The van der Waals surface area contributed by atoms with Crippen molar-refractivity contribution in [1.29, 1.82) is 0 Å². The third kappa shape index (κ3) is 4.93. The van der Waals surface area contributed by atoms with Crippen LogP contribution < -0.4 is 14.4 Å². The zero-order valence-electron chi connectivity index (χ0n) is 17.1. The SMILES string of the molecule is CCCCOc1cc2nc(SCc3ccccc3N(C)C)[nH]c2cc1OCC. The number of hydrogen-bond donors (Lipinski definition) is 1. The van der Waals surface area contributed by atoms with Crippen molar-refractivity contribution >= 4 is 28.5 Å². The lowest BCUT2D eigenvalue weighted by Crippen LogP contribution is -2.10. The highest BCUT2D eigenvalue weighted by molar-refractivity contribution is 7.98. The number of anilines is 1. The van der Waals surface area contributed by atoms with Gasteiger partial charge in [0.2, 0.25) is 0 Å². The van der Waals surface area contributed by atoms with Crippen molar-refractivity contribution in [1.82, 2.24) is 9.97 Å². The van der Waals surface area contributed by atoms with Crippen molar-refractivity contribution < 1.29 is 9.47 Å². The number of thioether (sulfide) groups is 1. The van der Waals surface area contributed by atoms with Gasteiger partial charge in [0, 0.05) is 37.7 Å². The minimum Gasteiger partial charge on any atom is -0.490 e. The van der Waals surface area contributed by atoms with Gasteiger partial charge in [-0.2, -0.15) is 0 Å². The van der Waals surface area contributed by atoms with Crippen LogP contribution in [0.4, 0.5) is 5.69 Å². The van der Waals surface area contributed by atoms with Gasteiger partial charge in [0.25, 0.3) is 0 Å². The minimum absolute atomic E-state index is 0.604. The third-order valence-corrected chi connectivity index (χ3v) is 5.34. The lowest BCUT2D eigenvalue weighted by atomic mass is 10.2. The summed E-state index contributed by atoms with van der Waals surface area (Å²) >= 11 is 1.70. The van der Waals surface area contributed by atoms with Crippen LogP contribution in [-0.4, -0.2) is 37.3 Å². The maximum atomic E-state index is 5.93. The summed E-state index contributed by atoms with van der Waals surface area (Å²) in [4.78, 5) is 10.3. The molecule has 0 aliphatic heterocycles. The number of ether oxygens (including phenoxy) is 2. The number of nitrogens with zero attached hydrogens (tertiary/aromatic N) is 2. The van der Waals surface area contributed by atoms with Crippen molar-refractivity contribution in [3.63, 3.8) is 0 Å². The first-order valence-corrected chi connectivity index (χ1v) is 10.8. The number of aromatic amines is 1. The molecule has 0 bridgehead atoms. The summed E-state index contributed by atoms with van der Waals surface area (Å²) in [5.41, 5.74) is 4.39. The van der Waals surface area contributed by atoms with Crippen LogP contribution in [0.1, 0.15) is 32.3 Å². The Hall–Kier alpha value is -2.34. The van der Waals surface area contributed by atoms with Crippen molar-refractivity contribution in [2.45, 2.75) is 37.6 Å². The van der Waals surface area contributed by atoms with E-state index < -0.39 is 0 Å². The van der Waals surface area contributed by atoms with Crippen molar-refractivity contribution in [3.05, 3.63) is 42.0 Å². The van der Waals surface area contributed by atoms with Crippen molar-refractivity contribution in [2.24, 2.45) is 0 Å². The molecule has 0 atom stereocenters. The molecule has 0 aliphatic carbocycles. The van der Waals surface area contributed by atoms with Crippen molar-refractivity contribution in [3.8, 4) is 11.5 Å². The molecule has 1 aromatic heterocycles. The molecule has 1 heterocycles. The zero-order valence-corrected chi connectivity index (χ0v) is 17.9. The third-order valence-electron chi connectivity index (χ3n) is 4.42. The van der Waals surface area contributed by atoms with Gasteiger partial charge in [-0.1, -0.05) is 43.3 Å². The van der Waals surface area contributed by atoms with E-state index in [-0.39, 0.29) is 0 Å². The first kappa shape index (κ1) is 20.4. The number of H-pyrrole nitrogens is 1. The minimum atomic E-state index is 0.604. The Morgan fingerprint density at radius 3 is 2.61 bits per heavy atom. The molecular formula is C22H29N3O2S. The number of benzene rings is 2. The molecule has 6 heteroatoms. The molecule has 5 nitrogen and oxygen atoms in total. The van der Waals surface area contributed by atoms with Crippen LogP contribution in [0.25, 0.3) is 11.0 Å². The van der Waals surface area contributed by atoms with E-state index in [0.717, 1.165) is 46.3 Å². The Morgan fingerprint density at radius 2 is 1.86 bits per heavy atom.